The monoisotopic (exact) mass is 289 g/mol. The van der Waals surface area contributed by atoms with Crippen LogP contribution in [0.15, 0.2) is 24.3 Å². The van der Waals surface area contributed by atoms with Crippen LogP contribution in [-0.4, -0.2) is 16.1 Å². The van der Waals surface area contributed by atoms with Gasteiger partial charge in [-0.15, -0.1) is 11.3 Å². The number of carbonyl (C=O) groups is 1. The molecule has 4 heteroatoms. The van der Waals surface area contributed by atoms with Crippen molar-refractivity contribution in [2.45, 2.75) is 39.5 Å². The van der Waals surface area contributed by atoms with Crippen LogP contribution in [0.3, 0.4) is 0 Å². The Morgan fingerprint density at radius 3 is 2.50 bits per heavy atom. The predicted octanol–water partition coefficient (Wildman–Crippen LogP) is 3.79. The SMILES string of the molecule is Cc1nc(Cc2ccc(C(C)C)cc2)sc1CC(=O)O. The predicted molar refractivity (Wildman–Crippen MR) is 81.5 cm³/mol. The van der Waals surface area contributed by atoms with Gasteiger partial charge in [0.2, 0.25) is 0 Å². The first kappa shape index (κ1) is 14.7. The Morgan fingerprint density at radius 1 is 1.30 bits per heavy atom. The first-order valence-corrected chi connectivity index (χ1v) is 7.53. The second-order valence-corrected chi connectivity index (χ2v) is 6.43. The maximum absolute atomic E-state index is 10.8. The molecule has 0 saturated carbocycles. The van der Waals surface area contributed by atoms with Gasteiger partial charge in [-0.05, 0) is 24.0 Å². The summed E-state index contributed by atoms with van der Waals surface area (Å²) in [7, 11) is 0. The van der Waals surface area contributed by atoms with Crippen LogP contribution in [0, 0.1) is 6.92 Å². The summed E-state index contributed by atoms with van der Waals surface area (Å²) in [6, 6.07) is 8.56. The average Bonchev–Trinajstić information content (AvgIpc) is 2.69. The number of rotatable bonds is 5. The topological polar surface area (TPSA) is 50.2 Å². The van der Waals surface area contributed by atoms with Gasteiger partial charge in [0.25, 0.3) is 0 Å². The summed E-state index contributed by atoms with van der Waals surface area (Å²) in [4.78, 5) is 16.1. The minimum absolute atomic E-state index is 0.0653. The zero-order valence-electron chi connectivity index (χ0n) is 12.0. The van der Waals surface area contributed by atoms with E-state index in [1.54, 1.807) is 0 Å². The smallest absolute Gasteiger partial charge is 0.308 e. The maximum atomic E-state index is 10.8. The summed E-state index contributed by atoms with van der Waals surface area (Å²) < 4.78 is 0. The number of hydrogen-bond acceptors (Lipinski definition) is 3. The summed E-state index contributed by atoms with van der Waals surface area (Å²) >= 11 is 1.50. The Labute approximate surface area is 123 Å². The second kappa shape index (κ2) is 6.18. The van der Waals surface area contributed by atoms with Crippen molar-refractivity contribution in [3.8, 4) is 0 Å². The third kappa shape index (κ3) is 3.67. The number of carboxylic acid groups (broad SMARTS) is 1. The molecule has 0 amide bonds. The van der Waals surface area contributed by atoms with Gasteiger partial charge in [0, 0.05) is 11.3 Å². The van der Waals surface area contributed by atoms with Gasteiger partial charge in [-0.2, -0.15) is 0 Å². The lowest BCUT2D eigenvalue weighted by Gasteiger charge is -2.05. The summed E-state index contributed by atoms with van der Waals surface area (Å²) in [5, 5.41) is 9.83. The lowest BCUT2D eigenvalue weighted by atomic mass is 10.0. The van der Waals surface area contributed by atoms with Crippen molar-refractivity contribution in [3.63, 3.8) is 0 Å². The molecule has 0 spiro atoms. The molecule has 1 N–H and O–H groups in total. The highest BCUT2D eigenvalue weighted by molar-refractivity contribution is 7.11. The molecule has 0 atom stereocenters. The van der Waals surface area contributed by atoms with E-state index in [0.29, 0.717) is 5.92 Å². The zero-order valence-corrected chi connectivity index (χ0v) is 12.8. The standard InChI is InChI=1S/C16H19NO2S/c1-10(2)13-6-4-12(5-7-13)8-15-17-11(3)14(20-15)9-16(18)19/h4-7,10H,8-9H2,1-3H3,(H,18,19). The molecular weight excluding hydrogens is 270 g/mol. The first-order chi connectivity index (χ1) is 9.45. The molecule has 0 bridgehead atoms. The van der Waals surface area contributed by atoms with Gasteiger partial charge in [0.05, 0.1) is 17.1 Å². The Morgan fingerprint density at radius 2 is 1.95 bits per heavy atom. The fraction of sp³-hybridized carbons (Fsp3) is 0.375. The van der Waals surface area contributed by atoms with E-state index in [0.717, 1.165) is 22.0 Å². The van der Waals surface area contributed by atoms with Crippen LogP contribution in [0.5, 0.6) is 0 Å². The molecule has 1 aromatic carbocycles. The molecule has 1 heterocycles. The fourth-order valence-electron chi connectivity index (χ4n) is 2.06. The molecule has 0 radical (unpaired) electrons. The minimum Gasteiger partial charge on any atom is -0.481 e. The van der Waals surface area contributed by atoms with Crippen LogP contribution < -0.4 is 0 Å². The number of aromatic nitrogens is 1. The quantitative estimate of drug-likeness (QED) is 0.911. The summed E-state index contributed by atoms with van der Waals surface area (Å²) in [6.45, 7) is 6.23. The van der Waals surface area contributed by atoms with Crippen LogP contribution in [0.4, 0.5) is 0 Å². The number of nitrogens with zero attached hydrogens (tertiary/aromatic N) is 1. The van der Waals surface area contributed by atoms with Crippen molar-refractivity contribution < 1.29 is 9.90 Å². The molecule has 0 aliphatic heterocycles. The molecule has 0 unspecified atom stereocenters. The summed E-state index contributed by atoms with van der Waals surface area (Å²) in [5.41, 5.74) is 3.38. The molecule has 0 fully saturated rings. The lowest BCUT2D eigenvalue weighted by Crippen LogP contribution is -1.99. The zero-order chi connectivity index (χ0) is 14.7. The number of aryl methyl sites for hydroxylation is 1. The van der Waals surface area contributed by atoms with Gasteiger partial charge in [-0.25, -0.2) is 4.98 Å². The van der Waals surface area contributed by atoms with Gasteiger partial charge in [-0.3, -0.25) is 4.79 Å². The molecule has 2 rings (SSSR count). The Bertz CT molecular complexity index is 599. The van der Waals surface area contributed by atoms with Gasteiger partial charge in [0.15, 0.2) is 0 Å². The molecule has 3 nitrogen and oxygen atoms in total. The van der Waals surface area contributed by atoms with Crippen LogP contribution >= 0.6 is 11.3 Å². The number of thiazole rings is 1. The normalized spacial score (nSPS) is 11.0. The van der Waals surface area contributed by atoms with Crippen molar-refractivity contribution in [2.24, 2.45) is 0 Å². The fourth-order valence-corrected chi connectivity index (χ4v) is 3.16. The van der Waals surface area contributed by atoms with E-state index >= 15 is 0 Å². The summed E-state index contributed by atoms with van der Waals surface area (Å²) in [6.07, 6.45) is 0.833. The van der Waals surface area contributed by atoms with E-state index in [1.165, 1.54) is 22.5 Å². The van der Waals surface area contributed by atoms with Crippen LogP contribution in [0.2, 0.25) is 0 Å². The first-order valence-electron chi connectivity index (χ1n) is 6.71. The highest BCUT2D eigenvalue weighted by atomic mass is 32.1. The van der Waals surface area contributed by atoms with E-state index in [2.05, 4.69) is 43.1 Å². The van der Waals surface area contributed by atoms with Crippen molar-refractivity contribution in [1.82, 2.24) is 4.98 Å². The van der Waals surface area contributed by atoms with E-state index in [4.69, 9.17) is 5.11 Å². The maximum Gasteiger partial charge on any atom is 0.308 e. The van der Waals surface area contributed by atoms with Crippen molar-refractivity contribution in [3.05, 3.63) is 51.0 Å². The molecule has 2 aromatic rings. The third-order valence-electron chi connectivity index (χ3n) is 3.25. The molecule has 20 heavy (non-hydrogen) atoms. The van der Waals surface area contributed by atoms with E-state index < -0.39 is 5.97 Å². The van der Waals surface area contributed by atoms with Gasteiger partial charge < -0.3 is 5.11 Å². The minimum atomic E-state index is -0.801. The second-order valence-electron chi connectivity index (χ2n) is 5.26. The molecule has 0 aliphatic rings. The van der Waals surface area contributed by atoms with Crippen molar-refractivity contribution >= 4 is 17.3 Å². The summed E-state index contributed by atoms with van der Waals surface area (Å²) in [5.74, 6) is -0.266. The van der Waals surface area contributed by atoms with Gasteiger partial charge in [-0.1, -0.05) is 38.1 Å². The molecule has 0 aliphatic carbocycles. The number of aliphatic carboxylic acids is 1. The third-order valence-corrected chi connectivity index (χ3v) is 4.41. The van der Waals surface area contributed by atoms with Crippen LogP contribution in [-0.2, 0) is 17.6 Å². The van der Waals surface area contributed by atoms with Crippen LogP contribution in [0.25, 0.3) is 0 Å². The highest BCUT2D eigenvalue weighted by Gasteiger charge is 2.11. The Balaban J connectivity index is 2.11. The van der Waals surface area contributed by atoms with E-state index in [9.17, 15) is 4.79 Å². The van der Waals surface area contributed by atoms with E-state index in [1.807, 2.05) is 6.92 Å². The van der Waals surface area contributed by atoms with Gasteiger partial charge >= 0.3 is 5.97 Å². The van der Waals surface area contributed by atoms with E-state index in [-0.39, 0.29) is 6.42 Å². The number of carboxylic acids is 1. The number of hydrogen-bond donors (Lipinski definition) is 1. The molecule has 0 saturated heterocycles. The van der Waals surface area contributed by atoms with Crippen molar-refractivity contribution in [1.29, 1.82) is 0 Å². The highest BCUT2D eigenvalue weighted by Crippen LogP contribution is 2.22. The molecule has 1 aromatic heterocycles. The Hall–Kier alpha value is -1.68. The lowest BCUT2D eigenvalue weighted by molar-refractivity contribution is -0.136. The Kier molecular flexibility index (Phi) is 4.55. The van der Waals surface area contributed by atoms with Crippen LogP contribution in [0.1, 0.15) is 46.5 Å². The van der Waals surface area contributed by atoms with Gasteiger partial charge in [0.1, 0.15) is 0 Å². The number of benzene rings is 1. The van der Waals surface area contributed by atoms with Crippen molar-refractivity contribution in [2.75, 3.05) is 0 Å². The molecular formula is C16H19NO2S. The largest absolute Gasteiger partial charge is 0.481 e. The molecule has 106 valence electrons. The average molecular weight is 289 g/mol.